The predicted octanol–water partition coefficient (Wildman–Crippen LogP) is 1.37. The first-order valence-corrected chi connectivity index (χ1v) is 8.66. The van der Waals surface area contributed by atoms with Crippen LogP contribution in [0.25, 0.3) is 0 Å². The highest BCUT2D eigenvalue weighted by Gasteiger charge is 2.28. The van der Waals surface area contributed by atoms with E-state index in [0.717, 1.165) is 25.7 Å². The van der Waals surface area contributed by atoms with Crippen molar-refractivity contribution in [1.82, 2.24) is 18.8 Å². The van der Waals surface area contributed by atoms with Crippen molar-refractivity contribution in [1.29, 1.82) is 0 Å². The second-order valence-corrected chi connectivity index (χ2v) is 7.32. The van der Waals surface area contributed by atoms with E-state index in [0.29, 0.717) is 6.54 Å². The zero-order valence-electron chi connectivity index (χ0n) is 12.2. The van der Waals surface area contributed by atoms with E-state index in [9.17, 15) is 8.42 Å². The third-order valence-corrected chi connectivity index (χ3v) is 5.59. The summed E-state index contributed by atoms with van der Waals surface area (Å²) in [7, 11) is -1.74. The number of aromatic nitrogens is 2. The molecule has 1 aliphatic carbocycles. The fraction of sp³-hybridized carbons (Fsp3) is 0.769. The molecule has 1 fully saturated rings. The number of nitrogens with zero attached hydrogens (tertiary/aromatic N) is 3. The van der Waals surface area contributed by atoms with Crippen LogP contribution in [0.5, 0.6) is 0 Å². The van der Waals surface area contributed by atoms with Crippen molar-refractivity contribution >= 4 is 10.2 Å². The van der Waals surface area contributed by atoms with Crippen molar-refractivity contribution in [2.75, 3.05) is 7.05 Å². The second-order valence-electron chi connectivity index (χ2n) is 5.56. The van der Waals surface area contributed by atoms with E-state index in [-0.39, 0.29) is 12.1 Å². The Hall–Kier alpha value is -0.920. The van der Waals surface area contributed by atoms with Crippen LogP contribution in [0.15, 0.2) is 18.5 Å². The first-order valence-electron chi connectivity index (χ1n) is 7.22. The minimum Gasteiger partial charge on any atom is -0.271 e. The minimum atomic E-state index is -3.42. The normalized spacial score (nSPS) is 19.4. The van der Waals surface area contributed by atoms with E-state index in [1.165, 1.54) is 10.7 Å². The summed E-state index contributed by atoms with van der Waals surface area (Å²) in [5.74, 6) is 0. The monoisotopic (exact) mass is 300 g/mol. The van der Waals surface area contributed by atoms with Gasteiger partial charge >= 0.3 is 0 Å². The van der Waals surface area contributed by atoms with E-state index in [1.807, 2.05) is 19.2 Å². The molecule has 1 aromatic rings. The standard InChI is InChI=1S/C13H24N4O2S/c1-12(11-17-10-6-9-14-17)15-20(18,19)16(2)13-7-4-3-5-8-13/h6,9-10,12-13,15H,3-5,7-8,11H2,1-2H3. The molecule has 1 unspecified atom stereocenters. The molecule has 7 heteroatoms. The van der Waals surface area contributed by atoms with Gasteiger partial charge in [-0.05, 0) is 25.8 Å². The van der Waals surface area contributed by atoms with Gasteiger partial charge in [-0.2, -0.15) is 22.5 Å². The van der Waals surface area contributed by atoms with Gasteiger partial charge in [0.15, 0.2) is 0 Å². The van der Waals surface area contributed by atoms with Crippen LogP contribution in [0.3, 0.4) is 0 Å². The number of hydrogen-bond donors (Lipinski definition) is 1. The molecule has 1 aromatic heterocycles. The van der Waals surface area contributed by atoms with E-state index in [4.69, 9.17) is 0 Å². The molecular formula is C13H24N4O2S. The van der Waals surface area contributed by atoms with Crippen LogP contribution in [0.4, 0.5) is 0 Å². The summed E-state index contributed by atoms with van der Waals surface area (Å²) in [6.07, 6.45) is 8.90. The third-order valence-electron chi connectivity index (χ3n) is 3.84. The molecule has 20 heavy (non-hydrogen) atoms. The van der Waals surface area contributed by atoms with Crippen LogP contribution in [-0.2, 0) is 16.8 Å². The van der Waals surface area contributed by atoms with Gasteiger partial charge in [0, 0.05) is 31.5 Å². The van der Waals surface area contributed by atoms with Gasteiger partial charge in [0.2, 0.25) is 0 Å². The van der Waals surface area contributed by atoms with Crippen LogP contribution >= 0.6 is 0 Å². The molecule has 1 atom stereocenters. The quantitative estimate of drug-likeness (QED) is 0.863. The van der Waals surface area contributed by atoms with Crippen molar-refractivity contribution < 1.29 is 8.42 Å². The molecular weight excluding hydrogens is 276 g/mol. The van der Waals surface area contributed by atoms with E-state index in [1.54, 1.807) is 17.9 Å². The van der Waals surface area contributed by atoms with Gasteiger partial charge in [0.05, 0.1) is 6.54 Å². The maximum Gasteiger partial charge on any atom is 0.279 e. The predicted molar refractivity (Wildman–Crippen MR) is 78.4 cm³/mol. The van der Waals surface area contributed by atoms with Gasteiger partial charge < -0.3 is 0 Å². The largest absolute Gasteiger partial charge is 0.279 e. The lowest BCUT2D eigenvalue weighted by Crippen LogP contribution is -2.48. The van der Waals surface area contributed by atoms with Crippen LogP contribution in [0, 0.1) is 0 Å². The molecule has 1 aliphatic rings. The van der Waals surface area contributed by atoms with Crippen LogP contribution in [-0.4, -0.2) is 41.6 Å². The fourth-order valence-electron chi connectivity index (χ4n) is 2.70. The molecule has 2 rings (SSSR count). The van der Waals surface area contributed by atoms with E-state index < -0.39 is 10.2 Å². The lowest BCUT2D eigenvalue weighted by Gasteiger charge is -2.31. The van der Waals surface area contributed by atoms with Crippen LogP contribution in [0.2, 0.25) is 0 Å². The second kappa shape index (κ2) is 6.69. The summed E-state index contributed by atoms with van der Waals surface area (Å²) in [4.78, 5) is 0. The van der Waals surface area contributed by atoms with Gasteiger partial charge in [-0.25, -0.2) is 0 Å². The molecule has 0 saturated heterocycles. The Morgan fingerprint density at radius 3 is 2.70 bits per heavy atom. The summed E-state index contributed by atoms with van der Waals surface area (Å²) < 4.78 is 30.7. The molecule has 1 saturated carbocycles. The molecule has 0 aliphatic heterocycles. The van der Waals surface area contributed by atoms with Gasteiger partial charge in [0.1, 0.15) is 0 Å². The SMILES string of the molecule is CC(Cn1cccn1)NS(=O)(=O)N(C)C1CCCCC1. The smallest absolute Gasteiger partial charge is 0.271 e. The first kappa shape index (κ1) is 15.5. The van der Waals surface area contributed by atoms with Crippen molar-refractivity contribution in [2.24, 2.45) is 0 Å². The number of hydrogen-bond acceptors (Lipinski definition) is 3. The summed E-state index contributed by atoms with van der Waals surface area (Å²) in [6.45, 7) is 2.39. The topological polar surface area (TPSA) is 67.2 Å². The zero-order valence-corrected chi connectivity index (χ0v) is 13.0. The third kappa shape index (κ3) is 4.04. The van der Waals surface area contributed by atoms with E-state index >= 15 is 0 Å². The Morgan fingerprint density at radius 2 is 2.10 bits per heavy atom. The maximum absolute atomic E-state index is 12.4. The van der Waals surface area contributed by atoms with Crippen molar-refractivity contribution in [3.63, 3.8) is 0 Å². The Kier molecular flexibility index (Phi) is 5.17. The molecule has 1 N–H and O–H groups in total. The highest BCUT2D eigenvalue weighted by Crippen LogP contribution is 2.23. The molecule has 0 aromatic carbocycles. The van der Waals surface area contributed by atoms with E-state index in [2.05, 4.69) is 9.82 Å². The molecule has 0 amide bonds. The summed E-state index contributed by atoms with van der Waals surface area (Å²) in [5, 5.41) is 4.09. The summed E-state index contributed by atoms with van der Waals surface area (Å²) >= 11 is 0. The maximum atomic E-state index is 12.4. The first-order chi connectivity index (χ1) is 9.49. The zero-order chi connectivity index (χ0) is 14.6. The average molecular weight is 300 g/mol. The molecule has 6 nitrogen and oxygen atoms in total. The van der Waals surface area contributed by atoms with Crippen LogP contribution < -0.4 is 4.72 Å². The molecule has 1 heterocycles. The Balaban J connectivity index is 1.91. The average Bonchev–Trinajstić information content (AvgIpc) is 2.91. The molecule has 114 valence electrons. The lowest BCUT2D eigenvalue weighted by molar-refractivity contribution is 0.281. The number of rotatable bonds is 6. The summed E-state index contributed by atoms with van der Waals surface area (Å²) in [6, 6.07) is 1.78. The Bertz CT molecular complexity index is 494. The van der Waals surface area contributed by atoms with Gasteiger partial charge in [0.25, 0.3) is 10.2 Å². The minimum absolute atomic E-state index is 0.137. The molecule has 0 spiro atoms. The van der Waals surface area contributed by atoms with Crippen molar-refractivity contribution in [2.45, 2.75) is 57.7 Å². The molecule has 0 bridgehead atoms. The lowest BCUT2D eigenvalue weighted by atomic mass is 9.96. The fourth-order valence-corrected chi connectivity index (χ4v) is 4.06. The summed E-state index contributed by atoms with van der Waals surface area (Å²) in [5.41, 5.74) is 0. The van der Waals surface area contributed by atoms with Gasteiger partial charge in [-0.3, -0.25) is 4.68 Å². The molecule has 0 radical (unpaired) electrons. The van der Waals surface area contributed by atoms with Gasteiger partial charge in [-0.15, -0.1) is 0 Å². The van der Waals surface area contributed by atoms with Gasteiger partial charge in [-0.1, -0.05) is 19.3 Å². The highest BCUT2D eigenvalue weighted by molar-refractivity contribution is 7.87. The number of nitrogens with one attached hydrogen (secondary N) is 1. The van der Waals surface area contributed by atoms with Crippen LogP contribution in [0.1, 0.15) is 39.0 Å². The van der Waals surface area contributed by atoms with Crippen molar-refractivity contribution in [3.8, 4) is 0 Å². The Morgan fingerprint density at radius 1 is 1.40 bits per heavy atom. The Labute approximate surface area is 121 Å². The van der Waals surface area contributed by atoms with Crippen molar-refractivity contribution in [3.05, 3.63) is 18.5 Å². The highest BCUT2D eigenvalue weighted by atomic mass is 32.2.